The number of hydrogen-bond donors (Lipinski definition) is 1. The van der Waals surface area contributed by atoms with Crippen LogP contribution in [0.15, 0.2) is 132 Å². The molecule has 0 bridgehead atoms. The van der Waals surface area contributed by atoms with Gasteiger partial charge in [-0.2, -0.15) is 0 Å². The lowest BCUT2D eigenvalue weighted by Gasteiger charge is -2.40. The van der Waals surface area contributed by atoms with Crippen LogP contribution in [0.1, 0.15) is 48.6 Å². The molecule has 1 heterocycles. The van der Waals surface area contributed by atoms with Crippen molar-refractivity contribution >= 4 is 45.6 Å². The fourth-order valence-electron chi connectivity index (χ4n) is 6.55. The maximum absolute atomic E-state index is 13.6. The van der Waals surface area contributed by atoms with Crippen molar-refractivity contribution < 1.29 is 4.79 Å². The Labute approximate surface area is 314 Å². The molecule has 0 saturated heterocycles. The first-order valence-electron chi connectivity index (χ1n) is 18.1. The number of benzene rings is 5. The first kappa shape index (κ1) is 36.8. The maximum Gasteiger partial charge on any atom is 0.231 e. The van der Waals surface area contributed by atoms with Gasteiger partial charge in [-0.1, -0.05) is 124 Å². The molecule has 6 nitrogen and oxygen atoms in total. The quantitative estimate of drug-likeness (QED) is 0.148. The van der Waals surface area contributed by atoms with Crippen molar-refractivity contribution in [2.45, 2.75) is 38.4 Å². The van der Waals surface area contributed by atoms with Crippen molar-refractivity contribution in [3.8, 4) is 0 Å². The number of aliphatic imine (C=N–C) groups is 1. The Morgan fingerprint density at radius 2 is 1.12 bits per heavy atom. The monoisotopic (exact) mass is 709 g/mol. The molecule has 1 amide bonds. The van der Waals surface area contributed by atoms with Crippen molar-refractivity contribution in [2.24, 2.45) is 10.4 Å². The van der Waals surface area contributed by atoms with Crippen molar-refractivity contribution in [1.82, 2.24) is 5.32 Å². The molecule has 1 aliphatic rings. The number of thioether (sulfide) groups is 1. The van der Waals surface area contributed by atoms with Gasteiger partial charge in [0, 0.05) is 69.3 Å². The second kappa shape index (κ2) is 15.7. The van der Waals surface area contributed by atoms with Gasteiger partial charge in [-0.3, -0.25) is 4.79 Å². The molecule has 0 spiro atoms. The summed E-state index contributed by atoms with van der Waals surface area (Å²) in [5.41, 5.74) is 9.61. The van der Waals surface area contributed by atoms with Gasteiger partial charge in [0.25, 0.3) is 0 Å². The number of carbonyl (C=O) groups is 1. The first-order chi connectivity index (χ1) is 24.9. The highest BCUT2D eigenvalue weighted by atomic mass is 32.2. The van der Waals surface area contributed by atoms with Gasteiger partial charge in [0.15, 0.2) is 5.17 Å². The van der Waals surface area contributed by atoms with Gasteiger partial charge in [0.05, 0.1) is 5.69 Å². The summed E-state index contributed by atoms with van der Waals surface area (Å²) in [4.78, 5) is 25.5. The lowest BCUT2D eigenvalue weighted by Crippen LogP contribution is -2.41. The van der Waals surface area contributed by atoms with E-state index in [4.69, 9.17) is 4.99 Å². The molecule has 0 atom stereocenters. The first-order valence-corrected chi connectivity index (χ1v) is 18.9. The molecule has 7 heteroatoms. The summed E-state index contributed by atoms with van der Waals surface area (Å²) in [6.45, 7) is 7.54. The Kier molecular flexibility index (Phi) is 11.1. The largest absolute Gasteiger partial charge is 0.378 e. The van der Waals surface area contributed by atoms with E-state index in [1.807, 2.05) is 20.8 Å². The average molecular weight is 710 g/mol. The van der Waals surface area contributed by atoms with E-state index < -0.39 is 10.2 Å². The fourth-order valence-corrected chi connectivity index (χ4v) is 7.92. The molecule has 0 fully saturated rings. The Morgan fingerprint density at radius 1 is 0.654 bits per heavy atom. The molecule has 0 saturated carbocycles. The van der Waals surface area contributed by atoms with Crippen molar-refractivity contribution in [3.05, 3.63) is 155 Å². The van der Waals surface area contributed by atoms with Gasteiger partial charge < -0.3 is 20.0 Å². The fraction of sp³-hybridized carbons (Fsp3) is 0.289. The van der Waals surface area contributed by atoms with Gasteiger partial charge in [-0.25, -0.2) is 4.99 Å². The van der Waals surface area contributed by atoms with Gasteiger partial charge in [-0.05, 0) is 71.5 Å². The van der Waals surface area contributed by atoms with Crippen LogP contribution in [0.5, 0.6) is 0 Å². The second-order valence-electron chi connectivity index (χ2n) is 14.9. The third-order valence-corrected chi connectivity index (χ3v) is 11.1. The van der Waals surface area contributed by atoms with Crippen molar-refractivity contribution in [2.75, 3.05) is 56.0 Å². The van der Waals surface area contributed by atoms with Crippen LogP contribution < -0.4 is 20.0 Å². The van der Waals surface area contributed by atoms with Crippen molar-refractivity contribution in [3.63, 3.8) is 0 Å². The predicted octanol–water partition coefficient (Wildman–Crippen LogP) is 9.30. The van der Waals surface area contributed by atoms with E-state index in [1.165, 1.54) is 11.1 Å². The Balaban J connectivity index is 1.50. The minimum atomic E-state index is -0.676. The van der Waals surface area contributed by atoms with E-state index in [9.17, 15) is 4.79 Å². The van der Waals surface area contributed by atoms with Gasteiger partial charge in [0.1, 0.15) is 4.75 Å². The molecular weight excluding hydrogens is 659 g/mol. The number of nitrogens with zero attached hydrogens (tertiary/aromatic N) is 4. The molecule has 0 radical (unpaired) electrons. The summed E-state index contributed by atoms with van der Waals surface area (Å²) < 4.78 is -0.676. The number of fused-ring (bicyclic) bond motifs is 1. The van der Waals surface area contributed by atoms with E-state index in [1.54, 1.807) is 11.8 Å². The summed E-state index contributed by atoms with van der Waals surface area (Å²) in [6.07, 6.45) is 1.86. The molecular formula is C45H51N5OS. The zero-order chi connectivity index (χ0) is 36.9. The van der Waals surface area contributed by atoms with Crippen molar-refractivity contribution in [1.29, 1.82) is 0 Å². The molecule has 0 aromatic heterocycles. The van der Waals surface area contributed by atoms with E-state index in [2.05, 4.69) is 176 Å². The lowest BCUT2D eigenvalue weighted by atomic mass is 9.82. The highest BCUT2D eigenvalue weighted by Gasteiger charge is 2.44. The van der Waals surface area contributed by atoms with Crippen LogP contribution in [0.25, 0.3) is 0 Å². The summed E-state index contributed by atoms with van der Waals surface area (Å²) in [5.74, 6) is -0.0643. The SMILES string of the molecule is CN(C)c1ccc(C2(c3ccc(N(C)C)cc3)SC(NC(=O)C(C)(C)C)=Nc3cc(N(CCc4ccccc4)CCc4ccccc4)ccc32)cc1. The number of hydrogen-bond acceptors (Lipinski definition) is 6. The lowest BCUT2D eigenvalue weighted by molar-refractivity contribution is -0.126. The van der Waals surface area contributed by atoms with Crippen LogP contribution in [-0.4, -0.2) is 52.4 Å². The van der Waals surface area contributed by atoms with Gasteiger partial charge >= 0.3 is 0 Å². The second-order valence-corrected chi connectivity index (χ2v) is 16.1. The van der Waals surface area contributed by atoms with E-state index in [0.29, 0.717) is 5.17 Å². The average Bonchev–Trinajstić information content (AvgIpc) is 3.14. The Hall–Kier alpha value is -5.01. The van der Waals surface area contributed by atoms with Crippen LogP contribution >= 0.6 is 11.8 Å². The number of nitrogens with one attached hydrogen (secondary N) is 1. The van der Waals surface area contributed by atoms with E-state index >= 15 is 0 Å². The van der Waals surface area contributed by atoms with E-state index in [0.717, 1.165) is 65.4 Å². The minimum Gasteiger partial charge on any atom is -0.378 e. The van der Waals surface area contributed by atoms with Crippen LogP contribution in [0.2, 0.25) is 0 Å². The van der Waals surface area contributed by atoms with Crippen LogP contribution in [-0.2, 0) is 22.4 Å². The van der Waals surface area contributed by atoms with Crippen LogP contribution in [0, 0.1) is 5.41 Å². The Morgan fingerprint density at radius 3 is 1.56 bits per heavy atom. The number of carbonyl (C=O) groups excluding carboxylic acids is 1. The molecule has 0 aliphatic carbocycles. The zero-order valence-corrected chi connectivity index (χ0v) is 32.4. The topological polar surface area (TPSA) is 51.2 Å². The summed E-state index contributed by atoms with van der Waals surface area (Å²) in [5, 5.41) is 3.83. The molecule has 1 N–H and O–H groups in total. The normalized spacial score (nSPS) is 13.5. The summed E-state index contributed by atoms with van der Waals surface area (Å²) in [7, 11) is 8.24. The molecule has 5 aromatic carbocycles. The van der Waals surface area contributed by atoms with Crippen LogP contribution in [0.4, 0.5) is 22.7 Å². The van der Waals surface area contributed by atoms with Gasteiger partial charge in [-0.15, -0.1) is 0 Å². The maximum atomic E-state index is 13.6. The predicted molar refractivity (Wildman–Crippen MR) is 223 cm³/mol. The number of rotatable bonds is 11. The molecule has 6 rings (SSSR count). The summed E-state index contributed by atoms with van der Waals surface area (Å²) >= 11 is 1.61. The smallest absolute Gasteiger partial charge is 0.231 e. The number of amidine groups is 1. The van der Waals surface area contributed by atoms with Gasteiger partial charge in [0.2, 0.25) is 5.91 Å². The molecule has 1 aliphatic heterocycles. The zero-order valence-electron chi connectivity index (χ0n) is 31.6. The molecule has 0 unspecified atom stereocenters. The molecule has 52 heavy (non-hydrogen) atoms. The highest BCUT2D eigenvalue weighted by Crippen LogP contribution is 2.55. The molecule has 268 valence electrons. The summed E-state index contributed by atoms with van der Waals surface area (Å²) in [6, 6.07) is 45.7. The number of anilines is 3. The Bertz CT molecular complexity index is 1890. The third kappa shape index (κ3) is 8.21. The third-order valence-electron chi connectivity index (χ3n) is 9.71. The van der Waals surface area contributed by atoms with E-state index in [-0.39, 0.29) is 5.91 Å². The van der Waals surface area contributed by atoms with Crippen LogP contribution in [0.3, 0.4) is 0 Å². The minimum absolute atomic E-state index is 0.0643. The standard InChI is InChI=1S/C45H51N5OS/c1-44(2,3)42(51)47-43-46-41-32-39(50(30-28-33-14-10-8-11-15-33)31-29-34-16-12-9-13-17-34)26-27-40(41)45(52-43,35-18-22-37(23-19-35)48(4)5)36-20-24-38(25-21-36)49(6)7/h8-27,32H,28-31H2,1-7H3,(H,46,47,51). The molecule has 5 aromatic rings. The number of amides is 1. The highest BCUT2D eigenvalue weighted by molar-refractivity contribution is 8.15.